The molecule has 0 heterocycles. The minimum atomic E-state index is -0.312. The zero-order valence-corrected chi connectivity index (χ0v) is 12.1. The van der Waals surface area contributed by atoms with E-state index in [1.165, 1.54) is 17.7 Å². The van der Waals surface area contributed by atoms with Gasteiger partial charge in [0.1, 0.15) is 0 Å². The van der Waals surface area contributed by atoms with Gasteiger partial charge in [0.25, 0.3) is 0 Å². The molecule has 2 amide bonds. The highest BCUT2D eigenvalue weighted by Crippen LogP contribution is 2.28. The van der Waals surface area contributed by atoms with Gasteiger partial charge in [0.15, 0.2) is 0 Å². The summed E-state index contributed by atoms with van der Waals surface area (Å²) in [7, 11) is 0. The number of benzene rings is 1. The first-order valence-corrected chi connectivity index (χ1v) is 7.05. The van der Waals surface area contributed by atoms with Crippen molar-refractivity contribution in [1.82, 2.24) is 5.32 Å². The lowest BCUT2D eigenvalue weighted by molar-refractivity contribution is 0.248. The molecule has 4 N–H and O–H groups in total. The Morgan fingerprint density at radius 1 is 1.50 bits per heavy atom. The molecule has 0 radical (unpaired) electrons. The number of nitrogens with zero attached hydrogens (tertiary/aromatic N) is 1. The lowest BCUT2D eigenvalue weighted by Gasteiger charge is -2.25. The van der Waals surface area contributed by atoms with Gasteiger partial charge >= 0.3 is 6.03 Å². The van der Waals surface area contributed by atoms with E-state index in [4.69, 9.17) is 11.1 Å². The number of hydrogen-bond acceptors (Lipinski definition) is 2. The van der Waals surface area contributed by atoms with Crippen molar-refractivity contribution in [2.24, 2.45) is 11.7 Å². The first kappa shape index (κ1) is 14.4. The molecule has 108 valence electrons. The molecule has 0 unspecified atom stereocenters. The second-order valence-corrected chi connectivity index (χ2v) is 5.29. The molecule has 1 aliphatic rings. The third-order valence-electron chi connectivity index (χ3n) is 3.61. The zero-order chi connectivity index (χ0) is 14.7. The van der Waals surface area contributed by atoms with Crippen molar-refractivity contribution in [3.05, 3.63) is 29.3 Å². The number of guanidine groups is 1. The second-order valence-electron chi connectivity index (χ2n) is 5.29. The summed E-state index contributed by atoms with van der Waals surface area (Å²) < 4.78 is 0. The largest absolute Gasteiger partial charge is 0.369 e. The summed E-state index contributed by atoms with van der Waals surface area (Å²) >= 11 is 0. The SMILES string of the molecule is CCc1cccc(C)c1N(C(=N)N)C(=O)NCC1CC1. The summed E-state index contributed by atoms with van der Waals surface area (Å²) in [5.41, 5.74) is 8.33. The maximum absolute atomic E-state index is 12.3. The van der Waals surface area contributed by atoms with Crippen LogP contribution in [-0.4, -0.2) is 18.5 Å². The van der Waals surface area contributed by atoms with Crippen molar-refractivity contribution >= 4 is 17.7 Å². The van der Waals surface area contributed by atoms with Gasteiger partial charge in [0.2, 0.25) is 5.96 Å². The number of nitrogens with two attached hydrogens (primary N) is 1. The molecule has 1 aliphatic carbocycles. The van der Waals surface area contributed by atoms with Crippen molar-refractivity contribution in [2.45, 2.75) is 33.1 Å². The molecular weight excluding hydrogens is 252 g/mol. The molecule has 5 nitrogen and oxygen atoms in total. The lowest BCUT2D eigenvalue weighted by atomic mass is 10.0. The Hall–Kier alpha value is -2.04. The van der Waals surface area contributed by atoms with E-state index < -0.39 is 0 Å². The van der Waals surface area contributed by atoms with E-state index in [9.17, 15) is 4.79 Å². The first-order chi connectivity index (χ1) is 9.54. The predicted molar refractivity (Wildman–Crippen MR) is 81.1 cm³/mol. The van der Waals surface area contributed by atoms with Gasteiger partial charge in [-0.3, -0.25) is 5.41 Å². The van der Waals surface area contributed by atoms with Crippen LogP contribution < -0.4 is 16.0 Å². The minimum absolute atomic E-state index is 0.248. The van der Waals surface area contributed by atoms with Gasteiger partial charge < -0.3 is 11.1 Å². The Morgan fingerprint density at radius 2 is 2.20 bits per heavy atom. The fraction of sp³-hybridized carbons (Fsp3) is 0.467. The normalized spacial score (nSPS) is 13.9. The highest BCUT2D eigenvalue weighted by molar-refractivity contribution is 6.14. The molecule has 5 heteroatoms. The van der Waals surface area contributed by atoms with Gasteiger partial charge in [-0.25, -0.2) is 9.69 Å². The van der Waals surface area contributed by atoms with Crippen molar-refractivity contribution in [1.29, 1.82) is 5.41 Å². The van der Waals surface area contributed by atoms with Crippen LogP contribution in [0.5, 0.6) is 0 Å². The number of amides is 2. The smallest absolute Gasteiger partial charge is 0.328 e. The van der Waals surface area contributed by atoms with Crippen molar-refractivity contribution in [2.75, 3.05) is 11.4 Å². The number of rotatable bonds is 4. The summed E-state index contributed by atoms with van der Waals surface area (Å²) in [6.07, 6.45) is 3.13. The van der Waals surface area contributed by atoms with E-state index in [0.29, 0.717) is 12.5 Å². The summed E-state index contributed by atoms with van der Waals surface area (Å²) in [4.78, 5) is 13.6. The predicted octanol–water partition coefficient (Wildman–Crippen LogP) is 2.38. The Balaban J connectivity index is 2.27. The Kier molecular flexibility index (Phi) is 4.27. The molecule has 0 aliphatic heterocycles. The summed E-state index contributed by atoms with van der Waals surface area (Å²) in [5, 5.41) is 10.6. The van der Waals surface area contributed by atoms with E-state index in [2.05, 4.69) is 5.32 Å². The summed E-state index contributed by atoms with van der Waals surface area (Å²) in [6.45, 7) is 4.62. The van der Waals surface area contributed by atoms with Crippen LogP contribution in [0.15, 0.2) is 18.2 Å². The van der Waals surface area contributed by atoms with E-state index in [0.717, 1.165) is 23.2 Å². The van der Waals surface area contributed by atoms with Crippen LogP contribution in [0.2, 0.25) is 0 Å². The Labute approximate surface area is 119 Å². The lowest BCUT2D eigenvalue weighted by Crippen LogP contribution is -2.48. The molecule has 1 fully saturated rings. The topological polar surface area (TPSA) is 82.2 Å². The highest BCUT2D eigenvalue weighted by Gasteiger charge is 2.26. The first-order valence-electron chi connectivity index (χ1n) is 7.05. The van der Waals surface area contributed by atoms with Gasteiger partial charge in [-0.15, -0.1) is 0 Å². The number of carbonyl (C=O) groups excluding carboxylic acids is 1. The number of anilines is 1. The minimum Gasteiger partial charge on any atom is -0.369 e. The molecule has 0 bridgehead atoms. The Bertz CT molecular complexity index is 523. The fourth-order valence-corrected chi connectivity index (χ4v) is 2.29. The quantitative estimate of drug-likeness (QED) is 0.582. The maximum atomic E-state index is 12.3. The summed E-state index contributed by atoms with van der Waals surface area (Å²) in [6, 6.07) is 5.54. The van der Waals surface area contributed by atoms with E-state index >= 15 is 0 Å². The molecule has 0 aromatic heterocycles. The van der Waals surface area contributed by atoms with Crippen LogP contribution in [0.1, 0.15) is 30.9 Å². The third-order valence-corrected chi connectivity index (χ3v) is 3.61. The van der Waals surface area contributed by atoms with Gasteiger partial charge in [-0.1, -0.05) is 25.1 Å². The number of nitrogens with one attached hydrogen (secondary N) is 2. The van der Waals surface area contributed by atoms with Crippen LogP contribution in [0, 0.1) is 18.3 Å². The second kappa shape index (κ2) is 5.94. The number of para-hydroxylation sites is 1. The number of hydrogen-bond donors (Lipinski definition) is 3. The molecule has 20 heavy (non-hydrogen) atoms. The van der Waals surface area contributed by atoms with Gasteiger partial charge in [-0.2, -0.15) is 0 Å². The van der Waals surface area contributed by atoms with Gasteiger partial charge in [-0.05, 0) is 43.2 Å². The molecule has 1 aromatic carbocycles. The maximum Gasteiger partial charge on any atom is 0.328 e. The molecule has 1 aromatic rings. The van der Waals surface area contributed by atoms with E-state index in [1.807, 2.05) is 32.0 Å². The van der Waals surface area contributed by atoms with Gasteiger partial charge in [0, 0.05) is 6.54 Å². The molecular formula is C15H22N4O. The van der Waals surface area contributed by atoms with Crippen molar-refractivity contribution in [3.8, 4) is 0 Å². The number of aryl methyl sites for hydroxylation is 2. The Morgan fingerprint density at radius 3 is 2.75 bits per heavy atom. The number of carbonyl (C=O) groups is 1. The van der Waals surface area contributed by atoms with Crippen LogP contribution in [0.3, 0.4) is 0 Å². The van der Waals surface area contributed by atoms with Crippen LogP contribution in [0.25, 0.3) is 0 Å². The molecule has 2 rings (SSSR count). The average molecular weight is 274 g/mol. The monoisotopic (exact) mass is 274 g/mol. The van der Waals surface area contributed by atoms with E-state index in [-0.39, 0.29) is 12.0 Å². The standard InChI is InChI=1S/C15H22N4O/c1-3-12-6-4-5-10(2)13(12)19(14(16)17)15(20)18-9-11-7-8-11/h4-6,11H,3,7-9H2,1-2H3,(H3,16,17)(H,18,20). The third kappa shape index (κ3) is 3.10. The molecule has 1 saturated carbocycles. The molecule has 0 atom stereocenters. The number of urea groups is 1. The zero-order valence-electron chi connectivity index (χ0n) is 12.1. The van der Waals surface area contributed by atoms with Crippen LogP contribution in [-0.2, 0) is 6.42 Å². The molecule has 0 spiro atoms. The molecule has 0 saturated heterocycles. The fourth-order valence-electron chi connectivity index (χ4n) is 2.29. The van der Waals surface area contributed by atoms with Crippen molar-refractivity contribution < 1.29 is 4.79 Å². The van der Waals surface area contributed by atoms with Gasteiger partial charge in [0.05, 0.1) is 5.69 Å². The average Bonchev–Trinajstić information content (AvgIpc) is 3.22. The van der Waals surface area contributed by atoms with E-state index in [1.54, 1.807) is 0 Å². The van der Waals surface area contributed by atoms with Crippen molar-refractivity contribution in [3.63, 3.8) is 0 Å². The summed E-state index contributed by atoms with van der Waals surface area (Å²) in [5.74, 6) is 0.345. The van der Waals surface area contributed by atoms with Crippen LogP contribution >= 0.6 is 0 Å². The van der Waals surface area contributed by atoms with Crippen LogP contribution in [0.4, 0.5) is 10.5 Å². The highest BCUT2D eigenvalue weighted by atomic mass is 16.2.